The van der Waals surface area contributed by atoms with Crippen molar-refractivity contribution in [2.45, 2.75) is 13.1 Å². The summed E-state index contributed by atoms with van der Waals surface area (Å²) < 4.78 is 39.3. The predicted molar refractivity (Wildman–Crippen MR) is 59.7 cm³/mol. The van der Waals surface area contributed by atoms with Crippen LogP contribution in [0.15, 0.2) is 35.1 Å². The standard InChI is InChI=1S/C11H8F3NOS/c1-7-9(11(12,13)14)15(10(16)17-7)8-5-3-2-4-6-8/h2-6H,1H3. The van der Waals surface area contributed by atoms with Crippen LogP contribution in [0, 0.1) is 6.92 Å². The molecule has 2 nitrogen and oxygen atoms in total. The number of thiazole rings is 1. The maximum Gasteiger partial charge on any atom is 0.432 e. The zero-order chi connectivity index (χ0) is 12.6. The van der Waals surface area contributed by atoms with E-state index >= 15 is 0 Å². The molecule has 0 saturated carbocycles. The molecule has 0 fully saturated rings. The molecule has 0 bridgehead atoms. The molecule has 0 saturated heterocycles. The molecular formula is C11H8F3NOS. The Balaban J connectivity index is 2.75. The smallest absolute Gasteiger partial charge is 0.263 e. The van der Waals surface area contributed by atoms with Gasteiger partial charge in [-0.25, -0.2) is 0 Å². The Hall–Kier alpha value is -1.56. The van der Waals surface area contributed by atoms with E-state index in [1.165, 1.54) is 19.1 Å². The lowest BCUT2D eigenvalue weighted by Gasteiger charge is -2.11. The van der Waals surface area contributed by atoms with Gasteiger partial charge in [-0.2, -0.15) is 13.2 Å². The molecule has 1 aromatic heterocycles. The summed E-state index contributed by atoms with van der Waals surface area (Å²) in [6.45, 7) is 1.30. The summed E-state index contributed by atoms with van der Waals surface area (Å²) in [6, 6.07) is 7.82. The number of nitrogens with zero attached hydrogens (tertiary/aromatic N) is 1. The monoisotopic (exact) mass is 259 g/mol. The van der Waals surface area contributed by atoms with Gasteiger partial charge in [-0.1, -0.05) is 29.5 Å². The molecule has 0 spiro atoms. The van der Waals surface area contributed by atoms with Gasteiger partial charge in [0.15, 0.2) is 0 Å². The molecule has 0 atom stereocenters. The van der Waals surface area contributed by atoms with Gasteiger partial charge in [0.05, 0.1) is 5.69 Å². The molecule has 0 radical (unpaired) electrons. The number of para-hydroxylation sites is 1. The normalized spacial score (nSPS) is 11.8. The molecule has 1 heterocycles. The van der Waals surface area contributed by atoms with Crippen LogP contribution < -0.4 is 4.87 Å². The van der Waals surface area contributed by atoms with E-state index in [0.717, 1.165) is 0 Å². The Morgan fingerprint density at radius 3 is 2.29 bits per heavy atom. The Labute approximate surface area is 98.9 Å². The quantitative estimate of drug-likeness (QED) is 0.770. The highest BCUT2D eigenvalue weighted by Gasteiger charge is 2.38. The molecule has 2 aromatic rings. The first kappa shape index (κ1) is 11.9. The van der Waals surface area contributed by atoms with Crippen LogP contribution in [0.3, 0.4) is 0 Å². The van der Waals surface area contributed by atoms with Crippen molar-refractivity contribution in [3.8, 4) is 5.69 Å². The fourth-order valence-corrected chi connectivity index (χ4v) is 2.47. The summed E-state index contributed by atoms with van der Waals surface area (Å²) in [5.41, 5.74) is -0.659. The van der Waals surface area contributed by atoms with Crippen LogP contribution in [-0.4, -0.2) is 4.57 Å². The molecule has 0 amide bonds. The first-order valence-corrected chi connectivity index (χ1v) is 5.58. The summed E-state index contributed by atoms with van der Waals surface area (Å²) in [7, 11) is 0. The van der Waals surface area contributed by atoms with Gasteiger partial charge in [-0.15, -0.1) is 0 Å². The topological polar surface area (TPSA) is 22.0 Å². The van der Waals surface area contributed by atoms with Crippen LogP contribution in [0.4, 0.5) is 13.2 Å². The average molecular weight is 259 g/mol. The molecule has 0 aliphatic rings. The average Bonchev–Trinajstić information content (AvgIpc) is 2.54. The van der Waals surface area contributed by atoms with Crippen molar-refractivity contribution >= 4 is 11.3 Å². The molecule has 0 aliphatic heterocycles. The van der Waals surface area contributed by atoms with Gasteiger partial charge in [0.25, 0.3) is 0 Å². The molecule has 0 N–H and O–H groups in total. The van der Waals surface area contributed by atoms with Crippen molar-refractivity contribution in [1.82, 2.24) is 4.57 Å². The molecule has 1 aromatic carbocycles. The number of benzene rings is 1. The number of hydrogen-bond acceptors (Lipinski definition) is 2. The first-order valence-electron chi connectivity index (χ1n) is 4.76. The van der Waals surface area contributed by atoms with Gasteiger partial charge in [0.2, 0.25) is 0 Å². The Kier molecular flexibility index (Phi) is 2.82. The summed E-state index contributed by atoms with van der Waals surface area (Å²) in [5.74, 6) is 0. The molecule has 2 rings (SSSR count). The van der Waals surface area contributed by atoms with Crippen molar-refractivity contribution in [3.63, 3.8) is 0 Å². The highest BCUT2D eigenvalue weighted by molar-refractivity contribution is 7.09. The number of halogens is 3. The van der Waals surface area contributed by atoms with Gasteiger partial charge >= 0.3 is 11.0 Å². The maximum atomic E-state index is 12.9. The van der Waals surface area contributed by atoms with Gasteiger partial charge in [0.1, 0.15) is 5.69 Å². The van der Waals surface area contributed by atoms with Crippen molar-refractivity contribution < 1.29 is 13.2 Å². The second-order valence-electron chi connectivity index (χ2n) is 3.44. The summed E-state index contributed by atoms with van der Waals surface area (Å²) in [5, 5.41) is 0. The largest absolute Gasteiger partial charge is 0.432 e. The highest BCUT2D eigenvalue weighted by Crippen LogP contribution is 2.34. The van der Waals surface area contributed by atoms with E-state index in [4.69, 9.17) is 0 Å². The lowest BCUT2D eigenvalue weighted by molar-refractivity contribution is -0.142. The summed E-state index contributed by atoms with van der Waals surface area (Å²) in [4.78, 5) is 10.9. The zero-order valence-electron chi connectivity index (χ0n) is 8.78. The fraction of sp³-hybridized carbons (Fsp3) is 0.182. The van der Waals surface area contributed by atoms with Crippen molar-refractivity contribution in [2.75, 3.05) is 0 Å². The van der Waals surface area contributed by atoms with Gasteiger partial charge in [0, 0.05) is 4.88 Å². The van der Waals surface area contributed by atoms with Crippen LogP contribution in [-0.2, 0) is 6.18 Å². The lowest BCUT2D eigenvalue weighted by Crippen LogP contribution is -2.20. The minimum absolute atomic E-state index is 0.0219. The minimum Gasteiger partial charge on any atom is -0.263 e. The summed E-state index contributed by atoms with van der Waals surface area (Å²) >= 11 is 0.605. The van der Waals surface area contributed by atoms with E-state index in [1.54, 1.807) is 18.2 Å². The second-order valence-corrected chi connectivity index (χ2v) is 4.61. The van der Waals surface area contributed by atoms with E-state index < -0.39 is 16.7 Å². The zero-order valence-corrected chi connectivity index (χ0v) is 9.60. The van der Waals surface area contributed by atoms with Crippen LogP contribution in [0.25, 0.3) is 5.69 Å². The Morgan fingerprint density at radius 1 is 1.18 bits per heavy atom. The van der Waals surface area contributed by atoms with Crippen LogP contribution in [0.2, 0.25) is 0 Å². The van der Waals surface area contributed by atoms with E-state index in [2.05, 4.69) is 0 Å². The van der Waals surface area contributed by atoms with Crippen molar-refractivity contribution in [2.24, 2.45) is 0 Å². The highest BCUT2D eigenvalue weighted by atomic mass is 32.1. The predicted octanol–water partition coefficient (Wildman–Crippen LogP) is 3.23. The number of aryl methyl sites for hydroxylation is 1. The maximum absolute atomic E-state index is 12.9. The van der Waals surface area contributed by atoms with Crippen LogP contribution in [0.1, 0.15) is 10.6 Å². The SMILES string of the molecule is Cc1sc(=O)n(-c2ccccc2)c1C(F)(F)F. The van der Waals surface area contributed by atoms with E-state index in [-0.39, 0.29) is 10.6 Å². The third-order valence-electron chi connectivity index (χ3n) is 2.26. The fourth-order valence-electron chi connectivity index (χ4n) is 1.61. The van der Waals surface area contributed by atoms with E-state index in [0.29, 0.717) is 15.9 Å². The lowest BCUT2D eigenvalue weighted by atomic mass is 10.3. The van der Waals surface area contributed by atoms with E-state index in [9.17, 15) is 18.0 Å². The third kappa shape index (κ3) is 2.12. The first-order chi connectivity index (χ1) is 7.91. The molecule has 0 aliphatic carbocycles. The van der Waals surface area contributed by atoms with Gasteiger partial charge < -0.3 is 0 Å². The molecular weight excluding hydrogens is 251 g/mol. The van der Waals surface area contributed by atoms with Gasteiger partial charge in [-0.05, 0) is 19.1 Å². The molecule has 17 heavy (non-hydrogen) atoms. The second kappa shape index (κ2) is 4.03. The molecule has 6 heteroatoms. The number of hydrogen-bond donors (Lipinski definition) is 0. The molecule has 0 unspecified atom stereocenters. The number of alkyl halides is 3. The Morgan fingerprint density at radius 2 is 1.76 bits per heavy atom. The number of aromatic nitrogens is 1. The van der Waals surface area contributed by atoms with Crippen molar-refractivity contribution in [3.05, 3.63) is 50.6 Å². The minimum atomic E-state index is -4.53. The van der Waals surface area contributed by atoms with E-state index in [1.807, 2.05) is 0 Å². The van der Waals surface area contributed by atoms with Gasteiger partial charge in [-0.3, -0.25) is 9.36 Å². The summed E-state index contributed by atoms with van der Waals surface area (Å²) in [6.07, 6.45) is -4.53. The third-order valence-corrected chi connectivity index (χ3v) is 3.12. The number of rotatable bonds is 1. The van der Waals surface area contributed by atoms with Crippen molar-refractivity contribution in [1.29, 1.82) is 0 Å². The van der Waals surface area contributed by atoms with Crippen LogP contribution >= 0.6 is 11.3 Å². The Bertz CT molecular complexity index is 583. The van der Waals surface area contributed by atoms with Crippen LogP contribution in [0.5, 0.6) is 0 Å². The molecule has 90 valence electrons.